The van der Waals surface area contributed by atoms with Gasteiger partial charge in [0.05, 0.1) is 24.9 Å². The van der Waals surface area contributed by atoms with E-state index in [0.717, 1.165) is 5.06 Å². The van der Waals surface area contributed by atoms with E-state index in [1.165, 1.54) is 6.92 Å². The zero-order valence-electron chi connectivity index (χ0n) is 11.2. The molecule has 106 valence electrons. The van der Waals surface area contributed by atoms with Crippen LogP contribution in [0, 0.1) is 0 Å². The third-order valence-electron chi connectivity index (χ3n) is 3.11. The lowest BCUT2D eigenvalue weighted by Gasteiger charge is -2.24. The van der Waals surface area contributed by atoms with Gasteiger partial charge in [-0.2, -0.15) is 0 Å². The van der Waals surface area contributed by atoms with Crippen LogP contribution in [-0.2, 0) is 18.4 Å². The summed E-state index contributed by atoms with van der Waals surface area (Å²) < 4.78 is 23.1. The van der Waals surface area contributed by atoms with Crippen LogP contribution in [0.2, 0.25) is 0 Å². The average molecular weight is 279 g/mol. The van der Waals surface area contributed by atoms with E-state index in [4.69, 9.17) is 9.05 Å². The Labute approximate surface area is 108 Å². The molecule has 0 saturated heterocycles. The van der Waals surface area contributed by atoms with Crippen molar-refractivity contribution >= 4 is 13.5 Å². The predicted molar refractivity (Wildman–Crippen MR) is 66.6 cm³/mol. The number of nitrogens with zero attached hydrogens (tertiary/aromatic N) is 1. The number of hydrogen-bond donors (Lipinski definition) is 1. The van der Waals surface area contributed by atoms with Crippen LogP contribution in [0.25, 0.3) is 0 Å². The van der Waals surface area contributed by atoms with Crippen molar-refractivity contribution in [2.45, 2.75) is 51.7 Å². The van der Waals surface area contributed by atoms with Crippen molar-refractivity contribution in [3.63, 3.8) is 0 Å². The van der Waals surface area contributed by atoms with Gasteiger partial charge in [-0.15, -0.1) is 0 Å². The normalized spacial score (nSPS) is 24.2. The lowest BCUT2D eigenvalue weighted by atomic mass is 10.2. The smallest absolute Gasteiger partial charge is 0.309 e. The number of carbonyl (C=O) groups is 1. The zero-order chi connectivity index (χ0) is 13.8. The molecular formula is C11H22NO5P. The van der Waals surface area contributed by atoms with Crippen molar-refractivity contribution < 1.29 is 23.6 Å². The van der Waals surface area contributed by atoms with Crippen LogP contribution in [0.5, 0.6) is 0 Å². The van der Waals surface area contributed by atoms with E-state index in [-0.39, 0.29) is 11.7 Å². The van der Waals surface area contributed by atoms with E-state index in [1.54, 1.807) is 13.8 Å². The Bertz CT molecular complexity index is 325. The quantitative estimate of drug-likeness (QED) is 0.459. The SMILES string of the molecule is CCOP(=O)(OCC)[C@H]1CC[C@@H](N(O)C(C)=O)C1. The van der Waals surface area contributed by atoms with Gasteiger partial charge in [-0.1, -0.05) is 0 Å². The van der Waals surface area contributed by atoms with Crippen molar-refractivity contribution in [2.24, 2.45) is 0 Å². The molecule has 1 aliphatic rings. The van der Waals surface area contributed by atoms with Crippen LogP contribution in [0.4, 0.5) is 0 Å². The molecule has 1 amide bonds. The van der Waals surface area contributed by atoms with Crippen molar-refractivity contribution in [3.05, 3.63) is 0 Å². The molecule has 0 bridgehead atoms. The van der Waals surface area contributed by atoms with Crippen LogP contribution < -0.4 is 0 Å². The molecule has 0 spiro atoms. The Kier molecular flexibility index (Phi) is 5.79. The molecule has 6 nitrogen and oxygen atoms in total. The van der Waals surface area contributed by atoms with Gasteiger partial charge >= 0.3 is 7.60 Å². The molecule has 1 N–H and O–H groups in total. The van der Waals surface area contributed by atoms with Crippen LogP contribution in [0.3, 0.4) is 0 Å². The topological polar surface area (TPSA) is 76.1 Å². The third-order valence-corrected chi connectivity index (χ3v) is 5.71. The average Bonchev–Trinajstić information content (AvgIpc) is 2.78. The van der Waals surface area contributed by atoms with E-state index in [0.29, 0.717) is 32.5 Å². The first-order valence-electron chi connectivity index (χ1n) is 6.32. The molecule has 0 aliphatic heterocycles. The molecule has 0 aromatic carbocycles. The standard InChI is InChI=1S/C11H22NO5P/c1-4-16-18(15,17-5-2)11-7-6-10(8-11)12(14)9(3)13/h10-11,14H,4-8H2,1-3H3/t10-,11+/m1/s1. The van der Waals surface area contributed by atoms with Crippen molar-refractivity contribution in [2.75, 3.05) is 13.2 Å². The predicted octanol–water partition coefficient (Wildman–Crippen LogP) is 2.41. The monoisotopic (exact) mass is 279 g/mol. The summed E-state index contributed by atoms with van der Waals surface area (Å²) in [6, 6.07) is -0.290. The summed E-state index contributed by atoms with van der Waals surface area (Å²) in [5.74, 6) is -0.400. The van der Waals surface area contributed by atoms with E-state index in [9.17, 15) is 14.6 Å². The minimum Gasteiger partial charge on any atom is -0.309 e. The Balaban J connectivity index is 2.68. The summed E-state index contributed by atoms with van der Waals surface area (Å²) in [4.78, 5) is 11.1. The van der Waals surface area contributed by atoms with Gasteiger partial charge in [0.25, 0.3) is 0 Å². The van der Waals surface area contributed by atoms with Gasteiger partial charge in [-0.05, 0) is 33.1 Å². The van der Waals surface area contributed by atoms with Crippen LogP contribution in [0.1, 0.15) is 40.0 Å². The fourth-order valence-corrected chi connectivity index (χ4v) is 4.49. The number of rotatable bonds is 6. The van der Waals surface area contributed by atoms with Crippen LogP contribution in [-0.4, -0.2) is 41.1 Å². The number of hydrogen-bond acceptors (Lipinski definition) is 5. The summed E-state index contributed by atoms with van der Waals surface area (Å²) >= 11 is 0. The van der Waals surface area contributed by atoms with Gasteiger partial charge in [0.2, 0.25) is 5.91 Å². The van der Waals surface area contributed by atoms with Gasteiger partial charge in [0.15, 0.2) is 0 Å². The van der Waals surface area contributed by atoms with Gasteiger partial charge in [-0.3, -0.25) is 14.6 Å². The molecule has 0 aromatic heterocycles. The maximum Gasteiger partial charge on any atom is 0.333 e. The molecule has 7 heteroatoms. The number of hydroxylamine groups is 2. The fourth-order valence-electron chi connectivity index (χ4n) is 2.31. The molecule has 0 unspecified atom stereocenters. The number of carbonyl (C=O) groups excluding carboxylic acids is 1. The van der Waals surface area contributed by atoms with Gasteiger partial charge in [-0.25, -0.2) is 5.06 Å². The second-order valence-corrected chi connectivity index (χ2v) is 6.69. The molecule has 18 heavy (non-hydrogen) atoms. The molecule has 1 rings (SSSR count). The van der Waals surface area contributed by atoms with Crippen LogP contribution in [0.15, 0.2) is 0 Å². The fraction of sp³-hybridized carbons (Fsp3) is 0.909. The van der Waals surface area contributed by atoms with Crippen molar-refractivity contribution in [1.29, 1.82) is 0 Å². The van der Waals surface area contributed by atoms with E-state index >= 15 is 0 Å². The first kappa shape index (κ1) is 15.6. The lowest BCUT2D eigenvalue weighted by Crippen LogP contribution is -2.34. The number of amides is 1. The molecule has 0 radical (unpaired) electrons. The van der Waals surface area contributed by atoms with Crippen molar-refractivity contribution in [3.8, 4) is 0 Å². The molecule has 1 saturated carbocycles. The van der Waals surface area contributed by atoms with Gasteiger partial charge < -0.3 is 9.05 Å². The zero-order valence-corrected chi connectivity index (χ0v) is 12.1. The summed E-state index contributed by atoms with van der Waals surface area (Å²) in [5.41, 5.74) is -0.239. The highest BCUT2D eigenvalue weighted by Crippen LogP contribution is 2.58. The molecule has 2 atom stereocenters. The second kappa shape index (κ2) is 6.66. The minimum atomic E-state index is -3.12. The molecule has 1 fully saturated rings. The molecule has 0 aromatic rings. The lowest BCUT2D eigenvalue weighted by molar-refractivity contribution is -0.172. The highest BCUT2D eigenvalue weighted by atomic mass is 31.2. The van der Waals surface area contributed by atoms with E-state index in [2.05, 4.69) is 0 Å². The van der Waals surface area contributed by atoms with Crippen LogP contribution >= 0.6 is 7.60 Å². The van der Waals surface area contributed by atoms with E-state index < -0.39 is 13.5 Å². The highest BCUT2D eigenvalue weighted by molar-refractivity contribution is 7.54. The largest absolute Gasteiger partial charge is 0.333 e. The summed E-state index contributed by atoms with van der Waals surface area (Å²) in [6.45, 7) is 5.50. The first-order chi connectivity index (χ1) is 8.44. The molecule has 1 aliphatic carbocycles. The third kappa shape index (κ3) is 3.54. The summed E-state index contributed by atoms with van der Waals surface area (Å²) in [7, 11) is -3.12. The summed E-state index contributed by atoms with van der Waals surface area (Å²) in [6.07, 6.45) is 1.70. The second-order valence-electron chi connectivity index (χ2n) is 4.36. The van der Waals surface area contributed by atoms with Crippen molar-refractivity contribution in [1.82, 2.24) is 5.06 Å². The maximum atomic E-state index is 12.5. The van der Waals surface area contributed by atoms with Gasteiger partial charge in [0.1, 0.15) is 0 Å². The molecule has 0 heterocycles. The minimum absolute atomic E-state index is 0.239. The Morgan fingerprint density at radius 2 is 1.89 bits per heavy atom. The molecular weight excluding hydrogens is 257 g/mol. The highest BCUT2D eigenvalue weighted by Gasteiger charge is 2.42. The van der Waals surface area contributed by atoms with E-state index in [1.807, 2.05) is 0 Å². The maximum absolute atomic E-state index is 12.5. The Morgan fingerprint density at radius 3 is 2.33 bits per heavy atom. The Hall–Kier alpha value is -0.420. The Morgan fingerprint density at radius 1 is 1.33 bits per heavy atom. The van der Waals surface area contributed by atoms with Gasteiger partial charge in [0, 0.05) is 6.92 Å². The summed E-state index contributed by atoms with van der Waals surface area (Å²) in [5, 5.41) is 10.3. The first-order valence-corrected chi connectivity index (χ1v) is 7.93.